The van der Waals surface area contributed by atoms with Crippen LogP contribution in [0.15, 0.2) is 30.3 Å². The summed E-state index contributed by atoms with van der Waals surface area (Å²) in [6, 6.07) is 8.81. The molecule has 182 valence electrons. The number of rotatable bonds is 7. The largest absolute Gasteiger partial charge is 0.475 e. The lowest BCUT2D eigenvalue weighted by Crippen LogP contribution is -2.52. The zero-order chi connectivity index (χ0) is 23.9. The molecule has 0 aromatic carbocycles. The van der Waals surface area contributed by atoms with Crippen molar-refractivity contribution >= 4 is 23.3 Å². The Bertz CT molecular complexity index is 1070. The minimum Gasteiger partial charge on any atom is -0.475 e. The van der Waals surface area contributed by atoms with Crippen molar-refractivity contribution in [2.45, 2.75) is 44.6 Å². The fourth-order valence-corrected chi connectivity index (χ4v) is 4.57. The van der Waals surface area contributed by atoms with Crippen molar-refractivity contribution in [2.24, 2.45) is 0 Å². The van der Waals surface area contributed by atoms with Crippen molar-refractivity contribution in [1.29, 1.82) is 0 Å². The average molecular weight is 472 g/mol. The number of nitrogens with one attached hydrogen (secondary N) is 1. The highest BCUT2D eigenvalue weighted by Crippen LogP contribution is 2.39. The summed E-state index contributed by atoms with van der Waals surface area (Å²) in [6.07, 6.45) is -0.428. The van der Waals surface area contributed by atoms with E-state index in [1.165, 1.54) is 7.11 Å². The molecule has 0 saturated carbocycles. The third-order valence-electron chi connectivity index (χ3n) is 6.14. The molecule has 2 aromatic rings. The first-order valence-electron chi connectivity index (χ1n) is 11.3. The van der Waals surface area contributed by atoms with Crippen molar-refractivity contribution < 1.29 is 28.8 Å². The van der Waals surface area contributed by atoms with Gasteiger partial charge in [0.1, 0.15) is 18.5 Å². The maximum absolute atomic E-state index is 12.0. The van der Waals surface area contributed by atoms with E-state index in [0.29, 0.717) is 30.7 Å². The number of nitrogens with zero attached hydrogens (tertiary/aromatic N) is 4. The summed E-state index contributed by atoms with van der Waals surface area (Å²) >= 11 is 0. The van der Waals surface area contributed by atoms with Crippen LogP contribution >= 0.6 is 0 Å². The van der Waals surface area contributed by atoms with Crippen LogP contribution in [0.3, 0.4) is 0 Å². The van der Waals surface area contributed by atoms with Gasteiger partial charge in [-0.15, -0.1) is 0 Å². The SMILES string of the molecule is COC(=O)c1ccc2c(n1)N(C(O)Nc1cccc(OC[C@H]3COC(C)(C)O3)n1)[C@H]1CCN2C1. The van der Waals surface area contributed by atoms with Gasteiger partial charge in [-0.3, -0.25) is 0 Å². The van der Waals surface area contributed by atoms with Gasteiger partial charge in [0.05, 0.1) is 25.4 Å². The summed E-state index contributed by atoms with van der Waals surface area (Å²) in [5.74, 6) is 0.245. The highest BCUT2D eigenvalue weighted by Gasteiger charge is 2.40. The van der Waals surface area contributed by atoms with E-state index in [1.807, 2.05) is 19.9 Å². The highest BCUT2D eigenvalue weighted by molar-refractivity contribution is 5.89. The molecule has 0 aliphatic carbocycles. The number of hydrogen-bond donors (Lipinski definition) is 2. The molecule has 3 aliphatic heterocycles. The zero-order valence-electron chi connectivity index (χ0n) is 19.4. The van der Waals surface area contributed by atoms with Crippen LogP contribution in [0, 0.1) is 0 Å². The smallest absolute Gasteiger partial charge is 0.356 e. The summed E-state index contributed by atoms with van der Waals surface area (Å²) in [6.45, 7) is 6.11. The molecule has 2 saturated heterocycles. The van der Waals surface area contributed by atoms with Crippen molar-refractivity contribution in [3.05, 3.63) is 36.0 Å². The molecule has 5 heterocycles. The number of ether oxygens (including phenoxy) is 4. The molecule has 3 atom stereocenters. The number of fused-ring (bicyclic) bond motifs is 4. The van der Waals surface area contributed by atoms with Crippen LogP contribution in [-0.2, 0) is 14.2 Å². The Labute approximate surface area is 197 Å². The molecule has 0 spiro atoms. The zero-order valence-corrected chi connectivity index (χ0v) is 19.4. The molecule has 5 rings (SSSR count). The number of hydrogen-bond acceptors (Lipinski definition) is 11. The second-order valence-corrected chi connectivity index (χ2v) is 8.97. The monoisotopic (exact) mass is 471 g/mol. The minimum absolute atomic E-state index is 0.0395. The molecule has 11 nitrogen and oxygen atoms in total. The Balaban J connectivity index is 1.30. The predicted octanol–water partition coefficient (Wildman–Crippen LogP) is 1.58. The first kappa shape index (κ1) is 22.6. The van der Waals surface area contributed by atoms with Crippen molar-refractivity contribution in [2.75, 3.05) is 48.5 Å². The number of aliphatic hydroxyl groups excluding tert-OH is 1. The van der Waals surface area contributed by atoms with E-state index < -0.39 is 18.1 Å². The van der Waals surface area contributed by atoms with Gasteiger partial charge in [-0.05, 0) is 38.5 Å². The second kappa shape index (κ2) is 8.90. The third-order valence-corrected chi connectivity index (χ3v) is 6.14. The average Bonchev–Trinajstić information content (AvgIpc) is 3.40. The van der Waals surface area contributed by atoms with Gasteiger partial charge in [-0.25, -0.2) is 9.78 Å². The van der Waals surface area contributed by atoms with Gasteiger partial charge >= 0.3 is 5.97 Å². The summed E-state index contributed by atoms with van der Waals surface area (Å²) < 4.78 is 21.9. The van der Waals surface area contributed by atoms with Gasteiger partial charge in [0, 0.05) is 19.2 Å². The van der Waals surface area contributed by atoms with Crippen LogP contribution in [0.25, 0.3) is 0 Å². The Morgan fingerprint density at radius 1 is 1.32 bits per heavy atom. The fraction of sp³-hybridized carbons (Fsp3) is 0.522. The van der Waals surface area contributed by atoms with E-state index in [0.717, 1.165) is 25.2 Å². The molecule has 3 aliphatic rings. The van der Waals surface area contributed by atoms with Gasteiger partial charge in [-0.2, -0.15) is 4.98 Å². The van der Waals surface area contributed by atoms with Gasteiger partial charge in [0.15, 0.2) is 17.3 Å². The number of aliphatic hydroxyl groups is 1. The number of esters is 1. The maximum atomic E-state index is 12.0. The van der Waals surface area contributed by atoms with Crippen molar-refractivity contribution in [3.63, 3.8) is 0 Å². The van der Waals surface area contributed by atoms with Crippen molar-refractivity contribution in [1.82, 2.24) is 9.97 Å². The standard InChI is InChI=1S/C23H29N5O6/c1-23(2)33-13-15(34-23)12-32-19-6-4-5-18(25-19)26-22(30)28-14-9-10-27(11-14)17-8-7-16(21(29)31-3)24-20(17)28/h4-8,14-15,22,30H,9-13H2,1-3H3,(H,25,26)/t14-,15-,22?/m0/s1. The Hall–Kier alpha value is -3.15. The first-order chi connectivity index (χ1) is 16.3. The van der Waals surface area contributed by atoms with Crippen LogP contribution in [0.1, 0.15) is 30.8 Å². The molecule has 2 aromatic heterocycles. The minimum atomic E-state index is -1.11. The van der Waals surface area contributed by atoms with E-state index in [2.05, 4.69) is 20.2 Å². The lowest BCUT2D eigenvalue weighted by atomic mass is 10.1. The van der Waals surface area contributed by atoms with Gasteiger partial charge < -0.3 is 39.2 Å². The molecule has 1 unspecified atom stereocenters. The molecular weight excluding hydrogens is 442 g/mol. The third kappa shape index (κ3) is 4.46. The van der Waals surface area contributed by atoms with Crippen molar-refractivity contribution in [3.8, 4) is 5.88 Å². The van der Waals surface area contributed by atoms with Crippen LogP contribution < -0.4 is 19.9 Å². The van der Waals surface area contributed by atoms with E-state index in [9.17, 15) is 9.90 Å². The molecule has 2 fully saturated rings. The van der Waals surface area contributed by atoms with Gasteiger partial charge in [0.25, 0.3) is 0 Å². The molecule has 2 N–H and O–H groups in total. The number of carbonyl (C=O) groups excluding carboxylic acids is 1. The molecular formula is C23H29N5O6. The number of aromatic nitrogens is 2. The number of carbonyl (C=O) groups is 1. The second-order valence-electron chi connectivity index (χ2n) is 8.97. The topological polar surface area (TPSA) is 119 Å². The Morgan fingerprint density at radius 2 is 2.18 bits per heavy atom. The van der Waals surface area contributed by atoms with Crippen LogP contribution in [-0.4, -0.2) is 78.7 Å². The summed E-state index contributed by atoms with van der Waals surface area (Å²) in [7, 11) is 1.32. The summed E-state index contributed by atoms with van der Waals surface area (Å²) in [5, 5.41) is 14.2. The summed E-state index contributed by atoms with van der Waals surface area (Å²) in [5.41, 5.74) is 1.06. The maximum Gasteiger partial charge on any atom is 0.356 e. The molecule has 34 heavy (non-hydrogen) atoms. The lowest BCUT2D eigenvalue weighted by molar-refractivity contribution is -0.141. The highest BCUT2D eigenvalue weighted by atomic mass is 16.7. The fourth-order valence-electron chi connectivity index (χ4n) is 4.57. The van der Waals surface area contributed by atoms with E-state index >= 15 is 0 Å². The van der Waals surface area contributed by atoms with Crippen LogP contribution in [0.2, 0.25) is 0 Å². The Kier molecular flexibility index (Phi) is 5.92. The van der Waals surface area contributed by atoms with Crippen LogP contribution in [0.5, 0.6) is 5.88 Å². The molecule has 11 heteroatoms. The van der Waals surface area contributed by atoms with E-state index in [1.54, 1.807) is 29.2 Å². The first-order valence-corrected chi connectivity index (χ1v) is 11.3. The van der Waals surface area contributed by atoms with Gasteiger partial charge in [0.2, 0.25) is 12.2 Å². The lowest BCUT2D eigenvalue weighted by Gasteiger charge is -2.40. The molecule has 0 radical (unpaired) electrons. The van der Waals surface area contributed by atoms with E-state index in [4.69, 9.17) is 18.9 Å². The number of pyridine rings is 2. The predicted molar refractivity (Wildman–Crippen MR) is 123 cm³/mol. The normalized spacial score (nSPS) is 23.4. The van der Waals surface area contributed by atoms with Crippen LogP contribution in [0.4, 0.5) is 17.3 Å². The Morgan fingerprint density at radius 3 is 2.94 bits per heavy atom. The van der Waals surface area contributed by atoms with Gasteiger partial charge in [-0.1, -0.05) is 6.07 Å². The molecule has 2 bridgehead atoms. The number of methoxy groups -OCH3 is 1. The quantitative estimate of drug-likeness (QED) is 0.453. The van der Waals surface area contributed by atoms with E-state index in [-0.39, 0.29) is 17.8 Å². The summed E-state index contributed by atoms with van der Waals surface area (Å²) in [4.78, 5) is 25.0. The number of anilines is 3. The molecule has 0 amide bonds.